The number of methoxy groups -OCH3 is 1. The number of carbonyl (C=O) groups is 1. The Morgan fingerprint density at radius 1 is 1.53 bits per heavy atom. The molecule has 7 heteroatoms. The minimum Gasteiger partial charge on any atom is -0.465 e. The molecule has 1 aromatic rings. The first-order valence-electron chi connectivity index (χ1n) is 4.46. The van der Waals surface area contributed by atoms with Crippen molar-refractivity contribution in [2.75, 3.05) is 13.0 Å². The molecule has 17 heavy (non-hydrogen) atoms. The van der Waals surface area contributed by atoms with Gasteiger partial charge in [0, 0.05) is 8.95 Å². The van der Waals surface area contributed by atoms with E-state index in [0.29, 0.717) is 15.7 Å². The normalized spacial score (nSPS) is 11.4. The average Bonchev–Trinajstić information content (AvgIpc) is 2.30. The Morgan fingerprint density at radius 2 is 2.18 bits per heavy atom. The number of rotatable bonds is 3. The van der Waals surface area contributed by atoms with Gasteiger partial charge in [0.05, 0.1) is 24.2 Å². The number of esters is 1. The van der Waals surface area contributed by atoms with E-state index >= 15 is 0 Å². The Hall–Kier alpha value is -0.590. The molecule has 0 amide bonds. The van der Waals surface area contributed by atoms with Gasteiger partial charge in [-0.3, -0.25) is 0 Å². The number of aliphatic imine (C=N–C) groups is 1. The fraction of sp³-hybridized carbons (Fsp3) is 0.200. The summed E-state index contributed by atoms with van der Waals surface area (Å²) >= 11 is 12.1. The summed E-state index contributed by atoms with van der Waals surface area (Å²) in [5.74, 6) is -0.184. The molecule has 0 fully saturated rings. The minimum atomic E-state index is -0.492. The van der Waals surface area contributed by atoms with Crippen LogP contribution in [-0.2, 0) is 4.74 Å². The molecule has 0 aromatic heterocycles. The summed E-state index contributed by atoms with van der Waals surface area (Å²) in [6, 6.07) is 3.36. The lowest BCUT2D eigenvalue weighted by Crippen LogP contribution is -2.13. The van der Waals surface area contributed by atoms with Gasteiger partial charge in [-0.15, -0.1) is 11.6 Å². The highest BCUT2D eigenvalue weighted by molar-refractivity contribution is 9.11. The molecule has 4 nitrogen and oxygen atoms in total. The van der Waals surface area contributed by atoms with Crippen LogP contribution < -0.4 is 5.73 Å². The van der Waals surface area contributed by atoms with E-state index < -0.39 is 5.97 Å². The van der Waals surface area contributed by atoms with Crippen molar-refractivity contribution in [3.05, 3.63) is 26.6 Å². The topological polar surface area (TPSA) is 64.7 Å². The molecule has 0 saturated carbocycles. The molecule has 0 bridgehead atoms. The first-order chi connectivity index (χ1) is 7.99. The molecular weight excluding hydrogens is 375 g/mol. The van der Waals surface area contributed by atoms with Crippen LogP contribution in [0.25, 0.3) is 0 Å². The molecule has 0 atom stereocenters. The lowest BCUT2D eigenvalue weighted by Gasteiger charge is -2.07. The Labute approximate surface area is 120 Å². The van der Waals surface area contributed by atoms with Crippen LogP contribution >= 0.6 is 43.5 Å². The van der Waals surface area contributed by atoms with Gasteiger partial charge in [0.2, 0.25) is 0 Å². The maximum atomic E-state index is 11.6. The number of halogens is 3. The van der Waals surface area contributed by atoms with E-state index in [9.17, 15) is 4.79 Å². The zero-order chi connectivity index (χ0) is 13.0. The third kappa shape index (κ3) is 3.69. The van der Waals surface area contributed by atoms with Gasteiger partial charge in [-0.2, -0.15) is 0 Å². The summed E-state index contributed by atoms with van der Waals surface area (Å²) < 4.78 is 6.03. The van der Waals surface area contributed by atoms with Gasteiger partial charge in [0.15, 0.2) is 0 Å². The maximum absolute atomic E-state index is 11.6. The van der Waals surface area contributed by atoms with E-state index in [-0.39, 0.29) is 11.7 Å². The summed E-state index contributed by atoms with van der Waals surface area (Å²) in [6.45, 7) is 0. The van der Waals surface area contributed by atoms with Crippen LogP contribution in [-0.4, -0.2) is 24.8 Å². The molecule has 1 rings (SSSR count). The van der Waals surface area contributed by atoms with Gasteiger partial charge in [-0.05, 0) is 28.1 Å². The van der Waals surface area contributed by atoms with Crippen molar-refractivity contribution in [2.24, 2.45) is 10.7 Å². The van der Waals surface area contributed by atoms with Crippen molar-refractivity contribution in [3.8, 4) is 0 Å². The second-order valence-corrected chi connectivity index (χ2v) is 5.05. The molecule has 0 aliphatic rings. The number of ether oxygens (including phenoxy) is 1. The van der Waals surface area contributed by atoms with Crippen molar-refractivity contribution in [3.63, 3.8) is 0 Å². The Kier molecular flexibility index (Phi) is 5.42. The highest BCUT2D eigenvalue weighted by atomic mass is 79.9. The standard InChI is InChI=1S/C10H9Br2ClN2O2/c1-17-10(16)6-2-5(11)3-7(12)9(6)15-8(14)4-13/h2-3H,4H2,1H3,(H2,14,15). The lowest BCUT2D eigenvalue weighted by molar-refractivity contribution is 0.0601. The van der Waals surface area contributed by atoms with Gasteiger partial charge in [-0.1, -0.05) is 15.9 Å². The summed E-state index contributed by atoms with van der Waals surface area (Å²) in [6.07, 6.45) is 0. The summed E-state index contributed by atoms with van der Waals surface area (Å²) in [5, 5.41) is 0. The molecule has 0 heterocycles. The molecule has 0 saturated heterocycles. The summed E-state index contributed by atoms with van der Waals surface area (Å²) in [5.41, 5.74) is 6.26. The number of amidine groups is 1. The molecule has 0 radical (unpaired) electrons. The van der Waals surface area contributed by atoms with Crippen LogP contribution in [0.1, 0.15) is 10.4 Å². The van der Waals surface area contributed by atoms with Crippen LogP contribution in [0, 0.1) is 0 Å². The van der Waals surface area contributed by atoms with Crippen LogP contribution in [0.4, 0.5) is 5.69 Å². The number of hydrogen-bond acceptors (Lipinski definition) is 3. The summed E-state index contributed by atoms with van der Waals surface area (Å²) in [7, 11) is 1.30. The van der Waals surface area contributed by atoms with Gasteiger partial charge in [0.25, 0.3) is 0 Å². The van der Waals surface area contributed by atoms with Gasteiger partial charge in [0.1, 0.15) is 5.84 Å². The van der Waals surface area contributed by atoms with Gasteiger partial charge in [-0.25, -0.2) is 9.79 Å². The number of nitrogens with zero attached hydrogens (tertiary/aromatic N) is 1. The predicted octanol–water partition coefficient (Wildman–Crippen LogP) is 3.23. The zero-order valence-corrected chi connectivity index (χ0v) is 12.8. The van der Waals surface area contributed by atoms with E-state index in [1.807, 2.05) is 0 Å². The largest absolute Gasteiger partial charge is 0.465 e. The number of nitrogens with two attached hydrogens (primary N) is 1. The molecule has 1 aromatic carbocycles. The molecule has 92 valence electrons. The van der Waals surface area contributed by atoms with Crippen LogP contribution in [0.15, 0.2) is 26.1 Å². The van der Waals surface area contributed by atoms with Crippen molar-refractivity contribution in [2.45, 2.75) is 0 Å². The van der Waals surface area contributed by atoms with E-state index in [1.54, 1.807) is 12.1 Å². The van der Waals surface area contributed by atoms with Gasteiger partial charge >= 0.3 is 5.97 Å². The minimum absolute atomic E-state index is 0.0864. The van der Waals surface area contributed by atoms with Crippen molar-refractivity contribution in [1.82, 2.24) is 0 Å². The van der Waals surface area contributed by atoms with E-state index in [0.717, 1.165) is 4.47 Å². The smallest absolute Gasteiger partial charge is 0.340 e. The molecule has 0 unspecified atom stereocenters. The number of hydrogen-bond donors (Lipinski definition) is 1. The Balaban J connectivity index is 3.40. The second kappa shape index (κ2) is 6.37. The third-order valence-corrected chi connectivity index (χ3v) is 3.16. The molecule has 0 aliphatic heterocycles. The van der Waals surface area contributed by atoms with Crippen LogP contribution in [0.2, 0.25) is 0 Å². The fourth-order valence-electron chi connectivity index (χ4n) is 1.12. The van der Waals surface area contributed by atoms with E-state index in [4.69, 9.17) is 17.3 Å². The van der Waals surface area contributed by atoms with E-state index in [2.05, 4.69) is 41.6 Å². The fourth-order valence-corrected chi connectivity index (χ4v) is 2.49. The number of benzene rings is 1. The van der Waals surface area contributed by atoms with Crippen molar-refractivity contribution in [1.29, 1.82) is 0 Å². The second-order valence-electron chi connectivity index (χ2n) is 3.01. The van der Waals surface area contributed by atoms with Crippen molar-refractivity contribution >= 4 is 61.0 Å². The quantitative estimate of drug-likeness (QED) is 0.377. The zero-order valence-electron chi connectivity index (χ0n) is 8.84. The van der Waals surface area contributed by atoms with Gasteiger partial charge < -0.3 is 10.5 Å². The SMILES string of the molecule is COC(=O)c1cc(Br)cc(Br)c1N=C(N)CCl. The third-order valence-electron chi connectivity index (χ3n) is 1.83. The molecule has 0 spiro atoms. The summed E-state index contributed by atoms with van der Waals surface area (Å²) in [4.78, 5) is 15.7. The van der Waals surface area contributed by atoms with E-state index in [1.165, 1.54) is 7.11 Å². The maximum Gasteiger partial charge on any atom is 0.340 e. The molecule has 0 aliphatic carbocycles. The van der Waals surface area contributed by atoms with Crippen LogP contribution in [0.3, 0.4) is 0 Å². The highest BCUT2D eigenvalue weighted by Crippen LogP contribution is 2.33. The predicted molar refractivity (Wildman–Crippen MR) is 75.2 cm³/mol. The lowest BCUT2D eigenvalue weighted by atomic mass is 10.2. The number of alkyl halides is 1. The molecular formula is C10H9Br2ClN2O2. The average molecular weight is 384 g/mol. The van der Waals surface area contributed by atoms with Crippen LogP contribution in [0.5, 0.6) is 0 Å². The first-order valence-corrected chi connectivity index (χ1v) is 6.58. The van der Waals surface area contributed by atoms with Crippen molar-refractivity contribution < 1.29 is 9.53 Å². The first kappa shape index (κ1) is 14.5. The Morgan fingerprint density at radius 3 is 2.71 bits per heavy atom. The number of carbonyl (C=O) groups excluding carboxylic acids is 1. The monoisotopic (exact) mass is 382 g/mol. The Bertz CT molecular complexity index is 478. The molecule has 2 N–H and O–H groups in total. The highest BCUT2D eigenvalue weighted by Gasteiger charge is 2.16.